The molecule has 1 fully saturated rings. The Kier molecular flexibility index (Phi) is 46.6. The van der Waals surface area contributed by atoms with E-state index in [4.69, 9.17) is 4.42 Å². The van der Waals surface area contributed by atoms with Crippen molar-refractivity contribution in [3.05, 3.63) is 150 Å². The molecular formula is C67H110N6OS. The van der Waals surface area contributed by atoms with Gasteiger partial charge in [-0.2, -0.15) is 0 Å². The Morgan fingerprint density at radius 1 is 0.480 bits per heavy atom. The van der Waals surface area contributed by atoms with Gasteiger partial charge in [-0.3, -0.25) is 9.97 Å². The van der Waals surface area contributed by atoms with Crippen molar-refractivity contribution >= 4 is 43.7 Å². The molecule has 8 heteroatoms. The minimum atomic E-state index is 0.359. The fourth-order valence-electron chi connectivity index (χ4n) is 6.76. The van der Waals surface area contributed by atoms with E-state index in [0.29, 0.717) is 29.6 Å². The summed E-state index contributed by atoms with van der Waals surface area (Å²) in [6, 6.07) is 34.3. The standard InChI is InChI=1S/C10H12N2.C10H11NO.C10H11NS.C9H18.2C8H11N.6C2H6/c3*1-7(2)10-11-8-5-3-4-6-9(8)12-10;1-8(2)9-6-4-3-5-7-9;1-7(2)8-4-3-5-9-6-8;1-7(2)8-5-3-4-6-9-8;6*1-2/h3-7H,1-2H3,(H,11,12);2*3-7H,1-2H3;8-9H,3-7H2,1-2H3;2*3-7H,1-2H3;6*1-2H3. The molecule has 5 aromatic heterocycles. The Hall–Kier alpha value is -5.21. The molecule has 0 aliphatic heterocycles. The summed E-state index contributed by atoms with van der Waals surface area (Å²) in [5.74, 6) is 6.39. The highest BCUT2D eigenvalue weighted by molar-refractivity contribution is 7.18. The Morgan fingerprint density at radius 3 is 1.44 bits per heavy atom. The van der Waals surface area contributed by atoms with Gasteiger partial charge in [0.2, 0.25) is 0 Å². The number of H-pyrrole nitrogens is 1. The van der Waals surface area contributed by atoms with Gasteiger partial charge in [0.15, 0.2) is 11.5 Å². The molecule has 0 spiro atoms. The first kappa shape index (κ1) is 74.0. The smallest absolute Gasteiger partial charge is 0.198 e. The van der Waals surface area contributed by atoms with Crippen LogP contribution in [0.4, 0.5) is 0 Å². The van der Waals surface area contributed by atoms with Crippen LogP contribution in [0.25, 0.3) is 32.3 Å². The molecule has 1 aliphatic rings. The second-order valence-electron chi connectivity index (χ2n) is 18.1. The summed E-state index contributed by atoms with van der Waals surface area (Å²) >= 11 is 1.79. The molecule has 0 amide bonds. The Bertz CT molecular complexity index is 2100. The molecular weight excluding hydrogens is 937 g/mol. The number of para-hydroxylation sites is 5. The third-order valence-electron chi connectivity index (χ3n) is 10.8. The largest absolute Gasteiger partial charge is 0.440 e. The molecule has 0 atom stereocenters. The first-order chi connectivity index (χ1) is 36.2. The summed E-state index contributed by atoms with van der Waals surface area (Å²) in [5.41, 5.74) is 7.60. The number of thiazole rings is 1. The lowest BCUT2D eigenvalue weighted by atomic mass is 9.82. The SMILES string of the molecule is CC.CC.CC.CC.CC.CC.CC(C)C1CCCCC1.CC(C)c1ccccn1.CC(C)c1cccnc1.CC(C)c1nc2ccccc2[nH]1.CC(C)c1nc2ccccc2o1.CC(C)c1nc2ccccc2s1. The number of rotatable bonds is 6. The zero-order chi connectivity index (χ0) is 57.7. The number of nitrogens with zero attached hydrogens (tertiary/aromatic N) is 5. The summed E-state index contributed by atoms with van der Waals surface area (Å²) in [6.45, 7) is 50.1. The number of nitrogens with one attached hydrogen (secondary N) is 1. The van der Waals surface area contributed by atoms with Crippen LogP contribution in [-0.4, -0.2) is 29.9 Å². The van der Waals surface area contributed by atoms with Crippen molar-refractivity contribution in [1.29, 1.82) is 0 Å². The quantitative estimate of drug-likeness (QED) is 0.178. The van der Waals surface area contributed by atoms with E-state index in [1.54, 1.807) is 17.5 Å². The van der Waals surface area contributed by atoms with E-state index in [2.05, 4.69) is 137 Å². The average Bonchev–Trinajstić information content (AvgIpc) is 4.24. The van der Waals surface area contributed by atoms with E-state index in [1.165, 1.54) is 47.4 Å². The predicted molar refractivity (Wildman–Crippen MR) is 338 cm³/mol. The van der Waals surface area contributed by atoms with Crippen LogP contribution in [0.5, 0.6) is 0 Å². The van der Waals surface area contributed by atoms with E-state index < -0.39 is 0 Å². The minimum absolute atomic E-state index is 0.359. The molecule has 420 valence electrons. The molecule has 9 rings (SSSR count). The molecule has 5 heterocycles. The van der Waals surface area contributed by atoms with E-state index in [1.807, 2.05) is 174 Å². The zero-order valence-corrected chi connectivity index (χ0v) is 53.0. The molecule has 0 unspecified atom stereocenters. The lowest BCUT2D eigenvalue weighted by molar-refractivity contribution is 0.279. The van der Waals surface area contributed by atoms with Crippen LogP contribution in [0.15, 0.2) is 126 Å². The van der Waals surface area contributed by atoms with E-state index in [-0.39, 0.29) is 0 Å². The molecule has 8 aromatic rings. The highest BCUT2D eigenvalue weighted by atomic mass is 32.1. The van der Waals surface area contributed by atoms with Crippen molar-refractivity contribution in [2.75, 3.05) is 0 Å². The first-order valence-corrected chi connectivity index (χ1v) is 30.0. The molecule has 0 saturated heterocycles. The van der Waals surface area contributed by atoms with Crippen LogP contribution < -0.4 is 0 Å². The predicted octanol–water partition coefficient (Wildman–Crippen LogP) is 22.8. The molecule has 1 N–H and O–H groups in total. The third-order valence-corrected chi connectivity index (χ3v) is 12.1. The van der Waals surface area contributed by atoms with Crippen LogP contribution in [0.3, 0.4) is 0 Å². The number of aromatic amines is 1. The van der Waals surface area contributed by atoms with Crippen molar-refractivity contribution in [3.8, 4) is 0 Å². The monoisotopic (exact) mass is 1050 g/mol. The normalized spacial score (nSPS) is 11.1. The fourth-order valence-corrected chi connectivity index (χ4v) is 7.73. The molecule has 0 radical (unpaired) electrons. The number of fused-ring (bicyclic) bond motifs is 3. The van der Waals surface area contributed by atoms with Crippen molar-refractivity contribution in [3.63, 3.8) is 0 Å². The molecule has 3 aromatic carbocycles. The van der Waals surface area contributed by atoms with Gasteiger partial charge in [-0.15, -0.1) is 11.3 Å². The average molecular weight is 1050 g/mol. The summed E-state index contributed by atoms with van der Waals surface area (Å²) in [6.07, 6.45) is 13.0. The number of hydrogen-bond acceptors (Lipinski definition) is 7. The fraction of sp³-hybridized carbons (Fsp3) is 0.537. The highest BCUT2D eigenvalue weighted by Gasteiger charge is 2.16. The minimum Gasteiger partial charge on any atom is -0.440 e. The number of pyridine rings is 2. The van der Waals surface area contributed by atoms with Gasteiger partial charge in [-0.1, -0.05) is 247 Å². The summed E-state index contributed by atoms with van der Waals surface area (Å²) in [5, 5.41) is 1.23. The van der Waals surface area contributed by atoms with Gasteiger partial charge < -0.3 is 9.40 Å². The third kappa shape index (κ3) is 30.8. The zero-order valence-electron chi connectivity index (χ0n) is 52.2. The van der Waals surface area contributed by atoms with Gasteiger partial charge in [-0.25, -0.2) is 15.0 Å². The second-order valence-corrected chi connectivity index (χ2v) is 19.2. The van der Waals surface area contributed by atoms with Gasteiger partial charge in [0.25, 0.3) is 0 Å². The van der Waals surface area contributed by atoms with Crippen LogP contribution in [-0.2, 0) is 0 Å². The Labute approximate surface area is 465 Å². The van der Waals surface area contributed by atoms with Gasteiger partial charge >= 0.3 is 0 Å². The summed E-state index contributed by atoms with van der Waals surface area (Å²) < 4.78 is 6.81. The van der Waals surface area contributed by atoms with Crippen molar-refractivity contribution < 1.29 is 4.42 Å². The van der Waals surface area contributed by atoms with Gasteiger partial charge in [0, 0.05) is 42.0 Å². The van der Waals surface area contributed by atoms with Crippen molar-refractivity contribution in [1.82, 2.24) is 29.9 Å². The maximum Gasteiger partial charge on any atom is 0.198 e. The summed E-state index contributed by atoms with van der Waals surface area (Å²) in [4.78, 5) is 24.8. The molecule has 75 heavy (non-hydrogen) atoms. The number of aromatic nitrogens is 6. The topological polar surface area (TPSA) is 93.4 Å². The van der Waals surface area contributed by atoms with E-state index in [9.17, 15) is 0 Å². The maximum absolute atomic E-state index is 5.52. The molecule has 1 aliphatic carbocycles. The molecule has 0 bridgehead atoms. The van der Waals surface area contributed by atoms with Crippen LogP contribution in [0.2, 0.25) is 0 Å². The lowest BCUT2D eigenvalue weighted by Crippen LogP contribution is -2.12. The lowest BCUT2D eigenvalue weighted by Gasteiger charge is -2.24. The van der Waals surface area contributed by atoms with Crippen molar-refractivity contribution in [2.45, 2.75) is 228 Å². The van der Waals surface area contributed by atoms with Gasteiger partial charge in [-0.05, 0) is 83.8 Å². The second kappa shape index (κ2) is 47.3. The number of imidazole rings is 1. The molecule has 7 nitrogen and oxygen atoms in total. The molecule has 1 saturated carbocycles. The van der Waals surface area contributed by atoms with E-state index >= 15 is 0 Å². The Morgan fingerprint density at radius 2 is 1.03 bits per heavy atom. The summed E-state index contributed by atoms with van der Waals surface area (Å²) in [7, 11) is 0. The van der Waals surface area contributed by atoms with Gasteiger partial charge in [0.05, 0.1) is 26.3 Å². The number of hydrogen-bond donors (Lipinski definition) is 1. The van der Waals surface area contributed by atoms with Gasteiger partial charge in [0.1, 0.15) is 11.3 Å². The number of benzene rings is 3. The maximum atomic E-state index is 5.52. The van der Waals surface area contributed by atoms with E-state index in [0.717, 1.165) is 56.9 Å². The van der Waals surface area contributed by atoms with Crippen LogP contribution in [0.1, 0.15) is 256 Å². The van der Waals surface area contributed by atoms with Crippen LogP contribution in [0, 0.1) is 11.8 Å². The number of oxazole rings is 1. The Balaban J connectivity index is -0.000000799. The van der Waals surface area contributed by atoms with Crippen LogP contribution >= 0.6 is 11.3 Å². The highest BCUT2D eigenvalue weighted by Crippen LogP contribution is 2.29. The first-order valence-electron chi connectivity index (χ1n) is 29.2. The van der Waals surface area contributed by atoms with Crippen molar-refractivity contribution in [2.24, 2.45) is 11.8 Å².